The second-order valence-electron chi connectivity index (χ2n) is 15.2. The minimum Gasteiger partial charge on any atom is -0.309 e. The van der Waals surface area contributed by atoms with Crippen molar-refractivity contribution in [2.24, 2.45) is 0 Å². The van der Waals surface area contributed by atoms with Crippen LogP contribution in [0.2, 0.25) is 0 Å². The lowest BCUT2D eigenvalue weighted by atomic mass is 9.74. The maximum Gasteiger partial charge on any atom is 0.0541 e. The van der Waals surface area contributed by atoms with Gasteiger partial charge < -0.3 is 4.57 Å². The van der Waals surface area contributed by atoms with Gasteiger partial charge in [-0.15, -0.1) is 11.3 Å². The molecule has 0 radical (unpaired) electrons. The fourth-order valence-electron chi connectivity index (χ4n) is 9.58. The first-order valence-corrected chi connectivity index (χ1v) is 20.3. The number of nitrogens with zero attached hydrogens (tertiary/aromatic N) is 1. The Labute approximate surface area is 329 Å². The van der Waals surface area contributed by atoms with E-state index >= 15 is 0 Å². The summed E-state index contributed by atoms with van der Waals surface area (Å²) in [6.45, 7) is 0. The minimum atomic E-state index is 0.238. The monoisotopic (exact) mass is 729 g/mol. The van der Waals surface area contributed by atoms with Crippen LogP contribution in [0.5, 0.6) is 0 Å². The maximum absolute atomic E-state index is 2.52. The van der Waals surface area contributed by atoms with Crippen molar-refractivity contribution in [2.75, 3.05) is 0 Å². The Morgan fingerprint density at radius 3 is 2.05 bits per heavy atom. The summed E-state index contributed by atoms with van der Waals surface area (Å²) in [5, 5.41) is 7.83. The summed E-state index contributed by atoms with van der Waals surface area (Å²) in [5.41, 5.74) is 15.6. The molecule has 0 N–H and O–H groups in total. The van der Waals surface area contributed by atoms with Gasteiger partial charge in [0, 0.05) is 48.1 Å². The molecular weight excluding hydrogens is 695 g/mol. The standard InChI is InChI=1S/C54H35NS/c1-2-15-39(16-3-1)55-51-23-10-8-20-44(51)48-30-36(27-28-52(48)55)35-25-26-37-31-47(43-19-7-6-18-42(43)46(37)29-35)38-32-49(41-22-12-14-34-13-4-5-17-40(34)41)54-50(33-38)45-21-9-11-24-53(45)56-54/h1-30,32-33,47H,31H2. The third kappa shape index (κ3) is 4.79. The zero-order chi connectivity index (χ0) is 36.7. The molecule has 12 rings (SSSR count). The molecule has 11 aromatic rings. The first-order valence-electron chi connectivity index (χ1n) is 19.5. The minimum absolute atomic E-state index is 0.238. The van der Waals surface area contributed by atoms with Crippen LogP contribution in [0.15, 0.2) is 194 Å². The highest BCUT2D eigenvalue weighted by Gasteiger charge is 2.28. The third-order valence-electron chi connectivity index (χ3n) is 12.2. The van der Waals surface area contributed by atoms with E-state index < -0.39 is 0 Å². The predicted molar refractivity (Wildman–Crippen MR) is 239 cm³/mol. The topological polar surface area (TPSA) is 4.93 Å². The third-order valence-corrected chi connectivity index (χ3v) is 13.4. The lowest BCUT2D eigenvalue weighted by molar-refractivity contribution is 0.795. The van der Waals surface area contributed by atoms with Crippen LogP contribution in [-0.2, 0) is 6.42 Å². The number of rotatable bonds is 4. The summed E-state index contributed by atoms with van der Waals surface area (Å²) in [6, 6.07) is 72.3. The molecule has 1 unspecified atom stereocenters. The van der Waals surface area contributed by atoms with Crippen LogP contribution in [0.1, 0.15) is 22.6 Å². The van der Waals surface area contributed by atoms with Crippen LogP contribution in [-0.4, -0.2) is 4.57 Å². The molecule has 2 heterocycles. The number of hydrogen-bond donors (Lipinski definition) is 0. The molecule has 0 saturated heterocycles. The van der Waals surface area contributed by atoms with Gasteiger partial charge in [-0.1, -0.05) is 140 Å². The Morgan fingerprint density at radius 2 is 1.12 bits per heavy atom. The summed E-state index contributed by atoms with van der Waals surface area (Å²) in [6.07, 6.45) is 0.957. The van der Waals surface area contributed by atoms with Crippen molar-refractivity contribution < 1.29 is 0 Å². The average Bonchev–Trinajstić information content (AvgIpc) is 3.81. The molecule has 0 saturated carbocycles. The number of fused-ring (bicyclic) bond motifs is 10. The van der Waals surface area contributed by atoms with E-state index in [0.717, 1.165) is 6.42 Å². The van der Waals surface area contributed by atoms with E-state index in [1.165, 1.54) is 109 Å². The molecule has 1 aliphatic rings. The summed E-state index contributed by atoms with van der Waals surface area (Å²) in [7, 11) is 0. The summed E-state index contributed by atoms with van der Waals surface area (Å²) in [4.78, 5) is 0. The number of benzene rings is 9. The van der Waals surface area contributed by atoms with Crippen LogP contribution in [0.3, 0.4) is 0 Å². The molecule has 56 heavy (non-hydrogen) atoms. The van der Waals surface area contributed by atoms with Crippen LogP contribution >= 0.6 is 11.3 Å². The quantitative estimate of drug-likeness (QED) is 0.170. The van der Waals surface area contributed by atoms with Gasteiger partial charge in [0.25, 0.3) is 0 Å². The largest absolute Gasteiger partial charge is 0.309 e. The SMILES string of the molecule is c1ccc(-n2c3ccccc3c3cc(-c4ccc5c(c4)-c4ccccc4C(c4cc(-c6cccc7ccccc67)c6sc7ccccc7c6c4)C5)ccc32)cc1. The van der Waals surface area contributed by atoms with Gasteiger partial charge in [-0.2, -0.15) is 0 Å². The van der Waals surface area contributed by atoms with Crippen molar-refractivity contribution in [1.82, 2.24) is 4.57 Å². The highest BCUT2D eigenvalue weighted by atomic mass is 32.1. The van der Waals surface area contributed by atoms with E-state index in [4.69, 9.17) is 0 Å². The predicted octanol–water partition coefficient (Wildman–Crippen LogP) is 15.0. The van der Waals surface area contributed by atoms with Crippen molar-refractivity contribution >= 4 is 64.1 Å². The van der Waals surface area contributed by atoms with Crippen LogP contribution in [0.25, 0.3) is 91.8 Å². The van der Waals surface area contributed by atoms with Crippen LogP contribution < -0.4 is 0 Å². The number of aromatic nitrogens is 1. The van der Waals surface area contributed by atoms with E-state index in [-0.39, 0.29) is 5.92 Å². The van der Waals surface area contributed by atoms with Crippen LogP contribution in [0, 0.1) is 0 Å². The van der Waals surface area contributed by atoms with E-state index in [9.17, 15) is 0 Å². The van der Waals surface area contributed by atoms with Gasteiger partial charge in [0.2, 0.25) is 0 Å². The summed E-state index contributed by atoms with van der Waals surface area (Å²) in [5.74, 6) is 0.238. The molecule has 2 heteroatoms. The Balaban J connectivity index is 1.00. The van der Waals surface area contributed by atoms with E-state index in [1.807, 2.05) is 11.3 Å². The lowest BCUT2D eigenvalue weighted by Crippen LogP contribution is -2.13. The highest BCUT2D eigenvalue weighted by molar-refractivity contribution is 7.26. The van der Waals surface area contributed by atoms with E-state index in [1.54, 1.807) is 0 Å². The second kappa shape index (κ2) is 12.4. The van der Waals surface area contributed by atoms with E-state index in [0.29, 0.717) is 0 Å². The van der Waals surface area contributed by atoms with Gasteiger partial charge >= 0.3 is 0 Å². The van der Waals surface area contributed by atoms with Gasteiger partial charge in [0.1, 0.15) is 0 Å². The normalized spacial score (nSPS) is 13.8. The molecule has 1 aliphatic carbocycles. The van der Waals surface area contributed by atoms with Gasteiger partial charge in [-0.3, -0.25) is 0 Å². The molecule has 9 aromatic carbocycles. The Kier molecular flexibility index (Phi) is 6.99. The molecule has 2 aromatic heterocycles. The summed E-state index contributed by atoms with van der Waals surface area (Å²) < 4.78 is 5.09. The molecule has 0 spiro atoms. The molecular formula is C54H35NS. The first kappa shape index (κ1) is 31.6. The molecule has 0 aliphatic heterocycles. The first-order chi connectivity index (χ1) is 27.8. The maximum atomic E-state index is 2.52. The van der Waals surface area contributed by atoms with Crippen molar-refractivity contribution in [2.45, 2.75) is 12.3 Å². The van der Waals surface area contributed by atoms with Crippen LogP contribution in [0.4, 0.5) is 0 Å². The fourth-order valence-corrected chi connectivity index (χ4v) is 10.8. The van der Waals surface area contributed by atoms with Crippen molar-refractivity contribution in [1.29, 1.82) is 0 Å². The Bertz CT molecular complexity index is 3340. The zero-order valence-electron chi connectivity index (χ0n) is 30.6. The zero-order valence-corrected chi connectivity index (χ0v) is 31.4. The Morgan fingerprint density at radius 1 is 0.429 bits per heavy atom. The van der Waals surface area contributed by atoms with Gasteiger partial charge in [-0.25, -0.2) is 0 Å². The van der Waals surface area contributed by atoms with Gasteiger partial charge in [0.05, 0.1) is 11.0 Å². The summed E-state index contributed by atoms with van der Waals surface area (Å²) >= 11 is 1.92. The molecule has 1 nitrogen and oxygen atoms in total. The fraction of sp³-hybridized carbons (Fsp3) is 0.0370. The molecule has 0 fully saturated rings. The Hall–Kier alpha value is -6.74. The lowest BCUT2D eigenvalue weighted by Gasteiger charge is -2.29. The molecule has 0 amide bonds. The second-order valence-corrected chi connectivity index (χ2v) is 16.3. The average molecular weight is 730 g/mol. The van der Waals surface area contributed by atoms with Gasteiger partial charge in [-0.05, 0) is 116 Å². The number of hydrogen-bond acceptors (Lipinski definition) is 1. The number of thiophene rings is 1. The van der Waals surface area contributed by atoms with E-state index in [2.05, 4.69) is 199 Å². The number of para-hydroxylation sites is 2. The molecule has 262 valence electrons. The van der Waals surface area contributed by atoms with Crippen molar-refractivity contribution in [3.8, 4) is 39.1 Å². The van der Waals surface area contributed by atoms with Gasteiger partial charge in [0.15, 0.2) is 0 Å². The molecule has 0 bridgehead atoms. The smallest absolute Gasteiger partial charge is 0.0541 e. The van der Waals surface area contributed by atoms with Crippen molar-refractivity contribution in [3.05, 3.63) is 211 Å². The van der Waals surface area contributed by atoms with Crippen molar-refractivity contribution in [3.63, 3.8) is 0 Å². The highest BCUT2D eigenvalue weighted by Crippen LogP contribution is 2.49. The molecule has 1 atom stereocenters.